The Bertz CT molecular complexity index is 767. The van der Waals surface area contributed by atoms with Crippen molar-refractivity contribution in [3.05, 3.63) is 57.1 Å². The SMILES string of the molecule is O=C(Cl)c1ccc(C=Cc2csc3ccccc23)s1. The third-order valence-electron chi connectivity index (χ3n) is 2.76. The summed E-state index contributed by atoms with van der Waals surface area (Å²) in [4.78, 5) is 12.6. The molecule has 3 rings (SSSR count). The molecule has 0 aliphatic carbocycles. The molecular weight excluding hydrogens is 296 g/mol. The van der Waals surface area contributed by atoms with Gasteiger partial charge in [0, 0.05) is 9.58 Å². The van der Waals surface area contributed by atoms with Crippen LogP contribution in [0.3, 0.4) is 0 Å². The Kier molecular flexibility index (Phi) is 3.51. The average Bonchev–Trinajstić information content (AvgIpc) is 3.03. The molecule has 0 fully saturated rings. The Morgan fingerprint density at radius 2 is 1.95 bits per heavy atom. The van der Waals surface area contributed by atoms with E-state index in [-0.39, 0.29) is 0 Å². The van der Waals surface area contributed by atoms with Crippen LogP contribution in [0.15, 0.2) is 41.8 Å². The molecule has 4 heteroatoms. The number of fused-ring (bicyclic) bond motifs is 1. The van der Waals surface area contributed by atoms with Gasteiger partial charge >= 0.3 is 0 Å². The van der Waals surface area contributed by atoms with E-state index in [9.17, 15) is 4.79 Å². The van der Waals surface area contributed by atoms with Crippen molar-refractivity contribution < 1.29 is 4.79 Å². The molecule has 1 aromatic carbocycles. The molecule has 3 aromatic rings. The van der Waals surface area contributed by atoms with Crippen molar-refractivity contribution in [3.8, 4) is 0 Å². The molecule has 0 amide bonds. The first-order valence-corrected chi connectivity index (χ1v) is 7.75. The lowest BCUT2D eigenvalue weighted by Crippen LogP contribution is -1.78. The van der Waals surface area contributed by atoms with E-state index < -0.39 is 5.24 Å². The van der Waals surface area contributed by atoms with E-state index in [1.165, 1.54) is 27.0 Å². The van der Waals surface area contributed by atoms with Crippen LogP contribution >= 0.6 is 34.3 Å². The number of hydrogen-bond acceptors (Lipinski definition) is 3. The number of halogens is 1. The van der Waals surface area contributed by atoms with Gasteiger partial charge in [-0.1, -0.05) is 24.3 Å². The summed E-state index contributed by atoms with van der Waals surface area (Å²) in [6, 6.07) is 12.0. The Hall–Kier alpha value is -1.42. The lowest BCUT2D eigenvalue weighted by molar-refractivity contribution is 0.108. The summed E-state index contributed by atoms with van der Waals surface area (Å²) in [6.45, 7) is 0. The fourth-order valence-electron chi connectivity index (χ4n) is 1.85. The van der Waals surface area contributed by atoms with Gasteiger partial charge in [0.15, 0.2) is 0 Å². The second kappa shape index (κ2) is 5.29. The van der Waals surface area contributed by atoms with E-state index in [1.54, 1.807) is 17.4 Å². The topological polar surface area (TPSA) is 17.1 Å². The largest absolute Gasteiger partial charge is 0.275 e. The fourth-order valence-corrected chi connectivity index (χ4v) is 3.70. The summed E-state index contributed by atoms with van der Waals surface area (Å²) in [6.07, 6.45) is 4.09. The van der Waals surface area contributed by atoms with Crippen molar-refractivity contribution in [2.75, 3.05) is 0 Å². The van der Waals surface area contributed by atoms with E-state index >= 15 is 0 Å². The van der Waals surface area contributed by atoms with Crippen molar-refractivity contribution >= 4 is 61.8 Å². The van der Waals surface area contributed by atoms with Crippen LogP contribution < -0.4 is 0 Å². The summed E-state index contributed by atoms with van der Waals surface area (Å²) in [5.41, 5.74) is 1.20. The highest BCUT2D eigenvalue weighted by Gasteiger charge is 2.04. The zero-order valence-corrected chi connectivity index (χ0v) is 12.2. The average molecular weight is 305 g/mol. The molecule has 0 saturated heterocycles. The minimum Gasteiger partial charge on any atom is -0.275 e. The second-order valence-electron chi connectivity index (χ2n) is 4.00. The van der Waals surface area contributed by atoms with Crippen LogP contribution in [-0.2, 0) is 0 Å². The Balaban J connectivity index is 1.91. The number of carbonyl (C=O) groups is 1. The van der Waals surface area contributed by atoms with E-state index in [0.29, 0.717) is 4.88 Å². The monoisotopic (exact) mass is 304 g/mol. The summed E-state index contributed by atoms with van der Waals surface area (Å²) < 4.78 is 1.28. The number of thiophene rings is 2. The molecule has 0 aliphatic rings. The Morgan fingerprint density at radius 1 is 1.11 bits per heavy atom. The molecule has 0 N–H and O–H groups in total. The first-order valence-electron chi connectivity index (χ1n) is 5.68. The summed E-state index contributed by atoms with van der Waals surface area (Å²) >= 11 is 8.58. The van der Waals surface area contributed by atoms with Crippen LogP contribution in [0.5, 0.6) is 0 Å². The standard InChI is InChI=1S/C15H9ClOS2/c16-15(17)14-8-7-11(19-14)6-5-10-9-18-13-4-2-1-3-12(10)13/h1-9H. The highest BCUT2D eigenvalue weighted by molar-refractivity contribution is 7.17. The molecule has 0 unspecified atom stereocenters. The predicted molar refractivity (Wildman–Crippen MR) is 85.3 cm³/mol. The van der Waals surface area contributed by atoms with Gasteiger partial charge in [-0.15, -0.1) is 22.7 Å². The summed E-state index contributed by atoms with van der Waals surface area (Å²) in [5, 5.41) is 3.00. The minimum absolute atomic E-state index is 0.398. The maximum Gasteiger partial charge on any atom is 0.262 e. The second-order valence-corrected chi connectivity index (χ2v) is 6.37. The van der Waals surface area contributed by atoms with Crippen molar-refractivity contribution in [2.24, 2.45) is 0 Å². The van der Waals surface area contributed by atoms with Crippen molar-refractivity contribution in [1.82, 2.24) is 0 Å². The highest BCUT2D eigenvalue weighted by Crippen LogP contribution is 2.28. The van der Waals surface area contributed by atoms with Gasteiger partial charge in [0.2, 0.25) is 0 Å². The zero-order valence-electron chi connectivity index (χ0n) is 9.80. The normalized spacial score (nSPS) is 11.4. The number of hydrogen-bond donors (Lipinski definition) is 0. The van der Waals surface area contributed by atoms with Gasteiger partial charge < -0.3 is 0 Å². The van der Waals surface area contributed by atoms with Gasteiger partial charge in [-0.25, -0.2) is 0 Å². The Labute approximate surface area is 123 Å². The third-order valence-corrected chi connectivity index (χ3v) is 5.11. The molecule has 0 saturated carbocycles. The van der Waals surface area contributed by atoms with Crippen molar-refractivity contribution in [3.63, 3.8) is 0 Å². The van der Waals surface area contributed by atoms with Gasteiger partial charge in [-0.3, -0.25) is 4.79 Å². The van der Waals surface area contributed by atoms with Crippen molar-refractivity contribution in [2.45, 2.75) is 0 Å². The fraction of sp³-hybridized carbons (Fsp3) is 0. The molecule has 0 spiro atoms. The molecule has 0 aliphatic heterocycles. The molecule has 2 aromatic heterocycles. The minimum atomic E-state index is -0.398. The molecule has 94 valence electrons. The first-order chi connectivity index (χ1) is 9.24. The molecule has 1 nitrogen and oxygen atoms in total. The van der Waals surface area contributed by atoms with Crippen LogP contribution in [-0.4, -0.2) is 5.24 Å². The smallest absolute Gasteiger partial charge is 0.262 e. The molecule has 2 heterocycles. The van der Waals surface area contributed by atoms with E-state index in [2.05, 4.69) is 23.6 Å². The number of rotatable bonds is 3. The lowest BCUT2D eigenvalue weighted by atomic mass is 10.1. The van der Waals surface area contributed by atoms with E-state index in [1.807, 2.05) is 24.3 Å². The molecular formula is C15H9ClOS2. The Morgan fingerprint density at radius 3 is 2.74 bits per heavy atom. The van der Waals surface area contributed by atoms with Gasteiger partial charge in [-0.05, 0) is 52.2 Å². The van der Waals surface area contributed by atoms with Gasteiger partial charge in [0.25, 0.3) is 5.24 Å². The maximum absolute atomic E-state index is 11.0. The number of benzene rings is 1. The van der Waals surface area contributed by atoms with Crippen LogP contribution in [0.25, 0.3) is 22.2 Å². The predicted octanol–water partition coefficient (Wildman–Crippen LogP) is 5.51. The summed E-state index contributed by atoms with van der Waals surface area (Å²) in [5.74, 6) is 0. The van der Waals surface area contributed by atoms with Gasteiger partial charge in [0.05, 0.1) is 4.88 Å². The summed E-state index contributed by atoms with van der Waals surface area (Å²) in [7, 11) is 0. The van der Waals surface area contributed by atoms with Crippen LogP contribution in [0.2, 0.25) is 0 Å². The van der Waals surface area contributed by atoms with Crippen LogP contribution in [0, 0.1) is 0 Å². The van der Waals surface area contributed by atoms with Gasteiger partial charge in [0.1, 0.15) is 0 Å². The third kappa shape index (κ3) is 2.63. The molecule has 0 atom stereocenters. The van der Waals surface area contributed by atoms with E-state index in [0.717, 1.165) is 4.88 Å². The van der Waals surface area contributed by atoms with Crippen molar-refractivity contribution in [1.29, 1.82) is 0 Å². The zero-order chi connectivity index (χ0) is 13.2. The van der Waals surface area contributed by atoms with Crippen LogP contribution in [0.4, 0.5) is 0 Å². The highest BCUT2D eigenvalue weighted by atomic mass is 35.5. The lowest BCUT2D eigenvalue weighted by Gasteiger charge is -1.90. The van der Waals surface area contributed by atoms with Crippen LogP contribution in [0.1, 0.15) is 20.1 Å². The quantitative estimate of drug-likeness (QED) is 0.583. The van der Waals surface area contributed by atoms with E-state index in [4.69, 9.17) is 11.6 Å². The number of carbonyl (C=O) groups excluding carboxylic acids is 1. The molecule has 0 radical (unpaired) electrons. The first kappa shape index (κ1) is 12.6. The molecule has 19 heavy (non-hydrogen) atoms. The van der Waals surface area contributed by atoms with Gasteiger partial charge in [-0.2, -0.15) is 0 Å². The molecule has 0 bridgehead atoms. The maximum atomic E-state index is 11.0.